The van der Waals surface area contributed by atoms with Crippen LogP contribution in [0.1, 0.15) is 26.2 Å². The predicted molar refractivity (Wildman–Crippen MR) is 80.8 cm³/mol. The Balaban J connectivity index is 1.97. The number of benzene rings is 1. The molecule has 3 N–H and O–H groups in total. The van der Waals surface area contributed by atoms with Crippen LogP contribution in [-0.2, 0) is 0 Å². The van der Waals surface area contributed by atoms with E-state index in [1.807, 2.05) is 25.1 Å². The molecule has 0 bridgehead atoms. The van der Waals surface area contributed by atoms with E-state index in [-0.39, 0.29) is 0 Å². The van der Waals surface area contributed by atoms with E-state index in [9.17, 15) is 0 Å². The summed E-state index contributed by atoms with van der Waals surface area (Å²) in [7, 11) is 2.20. The van der Waals surface area contributed by atoms with Crippen molar-refractivity contribution in [3.63, 3.8) is 0 Å². The summed E-state index contributed by atoms with van der Waals surface area (Å²) in [6.07, 6.45) is 3.90. The molecule has 0 aromatic heterocycles. The van der Waals surface area contributed by atoms with Gasteiger partial charge in [-0.05, 0) is 45.5 Å². The maximum atomic E-state index is 6.12. The first-order chi connectivity index (χ1) is 9.22. The summed E-state index contributed by atoms with van der Waals surface area (Å²) in [5.41, 5.74) is 7.81. The Hall–Kier alpha value is -1.42. The maximum absolute atomic E-state index is 6.12. The Bertz CT molecular complexity index is 408. The molecule has 19 heavy (non-hydrogen) atoms. The van der Waals surface area contributed by atoms with Crippen molar-refractivity contribution >= 4 is 11.4 Å². The molecule has 0 radical (unpaired) electrons. The Labute approximate surface area is 115 Å². The van der Waals surface area contributed by atoms with Gasteiger partial charge in [0.15, 0.2) is 0 Å². The van der Waals surface area contributed by atoms with Gasteiger partial charge in [0.25, 0.3) is 0 Å². The summed E-state index contributed by atoms with van der Waals surface area (Å²) in [5, 5.41) is 3.47. The predicted octanol–water partition coefficient (Wildman–Crippen LogP) is 2.56. The van der Waals surface area contributed by atoms with Crippen LogP contribution < -0.4 is 15.8 Å². The molecule has 1 unspecified atom stereocenters. The average molecular weight is 263 g/mol. The molecule has 1 atom stereocenters. The van der Waals surface area contributed by atoms with Gasteiger partial charge in [-0.25, -0.2) is 0 Å². The van der Waals surface area contributed by atoms with Crippen LogP contribution in [0.2, 0.25) is 0 Å². The third-order valence-corrected chi connectivity index (χ3v) is 3.82. The summed E-state index contributed by atoms with van der Waals surface area (Å²) in [5.74, 6) is 0.768. The van der Waals surface area contributed by atoms with Crippen LogP contribution in [0.4, 0.5) is 11.4 Å². The minimum Gasteiger partial charge on any atom is -0.492 e. The maximum Gasteiger partial charge on any atom is 0.144 e. The number of nitrogens with one attached hydrogen (secondary N) is 1. The zero-order chi connectivity index (χ0) is 13.7. The molecule has 0 aliphatic carbocycles. The Morgan fingerprint density at radius 1 is 1.42 bits per heavy atom. The van der Waals surface area contributed by atoms with Crippen LogP contribution in [0.25, 0.3) is 0 Å². The number of piperidine rings is 1. The first-order valence-corrected chi connectivity index (χ1v) is 7.17. The number of nitrogens with two attached hydrogens (primary N) is 1. The Kier molecular flexibility index (Phi) is 4.91. The number of likely N-dealkylation sites (tertiary alicyclic amines) is 1. The van der Waals surface area contributed by atoms with E-state index in [1.165, 1.54) is 25.8 Å². The van der Waals surface area contributed by atoms with E-state index in [0.29, 0.717) is 18.3 Å². The first kappa shape index (κ1) is 14.0. The van der Waals surface area contributed by atoms with Crippen LogP contribution in [0.15, 0.2) is 18.2 Å². The van der Waals surface area contributed by atoms with Crippen LogP contribution in [0.5, 0.6) is 5.75 Å². The number of rotatable bonds is 5. The number of anilines is 2. The molecule has 1 heterocycles. The number of para-hydroxylation sites is 1. The number of nitrogens with zero attached hydrogens (tertiary/aromatic N) is 1. The Morgan fingerprint density at radius 2 is 2.26 bits per heavy atom. The topological polar surface area (TPSA) is 50.5 Å². The Morgan fingerprint density at radius 3 is 3.00 bits per heavy atom. The smallest absolute Gasteiger partial charge is 0.144 e. The van der Waals surface area contributed by atoms with Crippen molar-refractivity contribution in [2.24, 2.45) is 0 Å². The fourth-order valence-corrected chi connectivity index (χ4v) is 2.61. The lowest BCUT2D eigenvalue weighted by molar-refractivity contribution is 0.194. The standard InChI is InChI=1S/C15H25N3O/c1-3-19-14-9-6-8-13(15(14)16)17-11-12-7-4-5-10-18(12)2/h6,8-9,12,17H,3-5,7,10-11,16H2,1-2H3. The van der Waals surface area contributed by atoms with Gasteiger partial charge in [0.2, 0.25) is 0 Å². The van der Waals surface area contributed by atoms with Crippen molar-refractivity contribution in [2.45, 2.75) is 32.2 Å². The van der Waals surface area contributed by atoms with E-state index in [2.05, 4.69) is 17.3 Å². The van der Waals surface area contributed by atoms with Crippen molar-refractivity contribution in [1.29, 1.82) is 0 Å². The number of likely N-dealkylation sites (N-methyl/N-ethyl adjacent to an activating group) is 1. The highest BCUT2D eigenvalue weighted by molar-refractivity contribution is 5.72. The second-order valence-corrected chi connectivity index (χ2v) is 5.16. The zero-order valence-corrected chi connectivity index (χ0v) is 12.0. The minimum absolute atomic E-state index is 0.601. The molecule has 1 aliphatic rings. The first-order valence-electron chi connectivity index (χ1n) is 7.17. The fraction of sp³-hybridized carbons (Fsp3) is 0.600. The molecule has 1 aromatic carbocycles. The molecule has 1 aliphatic heterocycles. The molecule has 0 saturated carbocycles. The quantitative estimate of drug-likeness (QED) is 0.802. The van der Waals surface area contributed by atoms with Gasteiger partial charge in [0, 0.05) is 12.6 Å². The number of ether oxygens (including phenoxy) is 1. The average Bonchev–Trinajstić information content (AvgIpc) is 2.42. The molecular weight excluding hydrogens is 238 g/mol. The zero-order valence-electron chi connectivity index (χ0n) is 12.0. The summed E-state index contributed by atoms with van der Waals surface area (Å²) in [4.78, 5) is 2.43. The van der Waals surface area contributed by atoms with Gasteiger partial charge in [0.1, 0.15) is 5.75 Å². The second kappa shape index (κ2) is 6.66. The van der Waals surface area contributed by atoms with Crippen LogP contribution in [-0.4, -0.2) is 37.7 Å². The van der Waals surface area contributed by atoms with Gasteiger partial charge in [-0.1, -0.05) is 12.5 Å². The van der Waals surface area contributed by atoms with Crippen molar-refractivity contribution in [3.05, 3.63) is 18.2 Å². The minimum atomic E-state index is 0.601. The van der Waals surface area contributed by atoms with Gasteiger partial charge in [-0.2, -0.15) is 0 Å². The van der Waals surface area contributed by atoms with Gasteiger partial charge in [-0.3, -0.25) is 0 Å². The second-order valence-electron chi connectivity index (χ2n) is 5.16. The lowest BCUT2D eigenvalue weighted by Gasteiger charge is -2.32. The van der Waals surface area contributed by atoms with Crippen LogP contribution in [0.3, 0.4) is 0 Å². The molecule has 2 rings (SSSR count). The van der Waals surface area contributed by atoms with Gasteiger partial charge in [0.05, 0.1) is 18.0 Å². The van der Waals surface area contributed by atoms with E-state index in [1.54, 1.807) is 0 Å². The molecule has 4 nitrogen and oxygen atoms in total. The highest BCUT2D eigenvalue weighted by Crippen LogP contribution is 2.29. The molecule has 1 aromatic rings. The van der Waals surface area contributed by atoms with E-state index >= 15 is 0 Å². The highest BCUT2D eigenvalue weighted by Gasteiger charge is 2.18. The molecule has 106 valence electrons. The molecule has 4 heteroatoms. The van der Waals surface area contributed by atoms with Crippen LogP contribution >= 0.6 is 0 Å². The molecule has 1 saturated heterocycles. The van der Waals surface area contributed by atoms with Crippen molar-refractivity contribution in [1.82, 2.24) is 4.90 Å². The van der Waals surface area contributed by atoms with E-state index in [4.69, 9.17) is 10.5 Å². The van der Waals surface area contributed by atoms with Crippen molar-refractivity contribution in [3.8, 4) is 5.75 Å². The molecule has 0 spiro atoms. The summed E-state index contributed by atoms with van der Waals surface area (Å²) in [6, 6.07) is 6.51. The number of hydrogen-bond acceptors (Lipinski definition) is 4. The number of hydrogen-bond donors (Lipinski definition) is 2. The summed E-state index contributed by atoms with van der Waals surface area (Å²) >= 11 is 0. The highest BCUT2D eigenvalue weighted by atomic mass is 16.5. The third-order valence-electron chi connectivity index (χ3n) is 3.82. The SMILES string of the molecule is CCOc1cccc(NCC2CCCCN2C)c1N. The van der Waals surface area contributed by atoms with E-state index in [0.717, 1.165) is 18.0 Å². The normalized spacial score (nSPS) is 20.2. The molecular formula is C15H25N3O. The van der Waals surface area contributed by atoms with Crippen molar-refractivity contribution in [2.75, 3.05) is 37.8 Å². The van der Waals surface area contributed by atoms with Gasteiger partial charge < -0.3 is 20.7 Å². The molecule has 1 fully saturated rings. The van der Waals surface area contributed by atoms with Gasteiger partial charge in [-0.15, -0.1) is 0 Å². The third kappa shape index (κ3) is 3.53. The fourth-order valence-electron chi connectivity index (χ4n) is 2.61. The summed E-state index contributed by atoms with van der Waals surface area (Å²) < 4.78 is 5.51. The monoisotopic (exact) mass is 263 g/mol. The largest absolute Gasteiger partial charge is 0.492 e. The summed E-state index contributed by atoms with van der Waals surface area (Å²) in [6.45, 7) is 4.74. The number of nitrogen functional groups attached to an aromatic ring is 1. The lowest BCUT2D eigenvalue weighted by Crippen LogP contribution is -2.40. The van der Waals surface area contributed by atoms with Gasteiger partial charge >= 0.3 is 0 Å². The van der Waals surface area contributed by atoms with Crippen LogP contribution in [0, 0.1) is 0 Å². The van der Waals surface area contributed by atoms with Crippen molar-refractivity contribution < 1.29 is 4.74 Å². The lowest BCUT2D eigenvalue weighted by atomic mass is 10.0. The molecule has 0 amide bonds. The van der Waals surface area contributed by atoms with E-state index < -0.39 is 0 Å².